The number of nitrogens with two attached hydrogens (primary N) is 1. The van der Waals surface area contributed by atoms with Gasteiger partial charge >= 0.3 is 0 Å². The number of nitrogens with zero attached hydrogens (tertiary/aromatic N) is 2. The molecule has 0 unspecified atom stereocenters. The quantitative estimate of drug-likeness (QED) is 0.239. The molecule has 1 aromatic heterocycles. The Morgan fingerprint density at radius 1 is 1.03 bits per heavy atom. The number of hydrazone groups is 1. The number of aromatic nitrogens is 1. The highest BCUT2D eigenvalue weighted by molar-refractivity contribution is 7.89. The van der Waals surface area contributed by atoms with Gasteiger partial charge in [0.05, 0.1) is 21.7 Å². The van der Waals surface area contributed by atoms with E-state index in [-0.39, 0.29) is 10.6 Å². The Hall–Kier alpha value is -4.02. The molecule has 9 nitrogen and oxygen atoms in total. The number of para-hydroxylation sites is 1. The lowest BCUT2D eigenvalue weighted by Gasteiger charge is -2.05. The summed E-state index contributed by atoms with van der Waals surface area (Å²) < 4.78 is 23.0. The van der Waals surface area contributed by atoms with E-state index in [2.05, 4.69) is 15.5 Å². The number of fused-ring (bicyclic) bond motifs is 1. The number of nitro groups is 1. The molecule has 0 saturated heterocycles. The standard InChI is InChI=1S/C21H17N5O4S/c22-31(29,30)15-10-11-19(20(12-15)26(27)28)25-23-13-17-16-8-4-5-9-18(16)24-21(17)14-6-2-1-3-7-14/h1-13,24-25H,(H2,22,29,30)/b23-13+. The number of nitrogens with one attached hydrogen (secondary N) is 2. The molecule has 0 aliphatic rings. The van der Waals surface area contributed by atoms with Gasteiger partial charge in [0.1, 0.15) is 5.69 Å². The van der Waals surface area contributed by atoms with Crippen LogP contribution in [0.3, 0.4) is 0 Å². The second-order valence-corrected chi connectivity index (χ2v) is 8.24. The normalized spacial score (nSPS) is 11.8. The van der Waals surface area contributed by atoms with Gasteiger partial charge < -0.3 is 4.98 Å². The molecule has 0 aliphatic carbocycles. The van der Waals surface area contributed by atoms with Crippen LogP contribution >= 0.6 is 0 Å². The third kappa shape index (κ3) is 4.15. The first-order chi connectivity index (χ1) is 14.8. The molecule has 4 N–H and O–H groups in total. The minimum absolute atomic E-state index is 0.0368. The van der Waals surface area contributed by atoms with Crippen molar-refractivity contribution >= 4 is 38.5 Å². The zero-order valence-corrected chi connectivity index (χ0v) is 16.8. The first kappa shape index (κ1) is 20.3. The average molecular weight is 435 g/mol. The second-order valence-electron chi connectivity index (χ2n) is 6.68. The predicted molar refractivity (Wildman–Crippen MR) is 119 cm³/mol. The second kappa shape index (κ2) is 8.01. The number of sulfonamides is 1. The number of aromatic amines is 1. The van der Waals surface area contributed by atoms with Crippen molar-refractivity contribution in [3.8, 4) is 11.3 Å². The van der Waals surface area contributed by atoms with Crippen LogP contribution in [0.15, 0.2) is 82.8 Å². The van der Waals surface area contributed by atoms with E-state index in [4.69, 9.17) is 5.14 Å². The average Bonchev–Trinajstić information content (AvgIpc) is 3.12. The molecule has 4 aromatic rings. The van der Waals surface area contributed by atoms with Gasteiger partial charge in [0.25, 0.3) is 5.69 Å². The van der Waals surface area contributed by atoms with Crippen molar-refractivity contribution in [3.63, 3.8) is 0 Å². The molecule has 10 heteroatoms. The fraction of sp³-hybridized carbons (Fsp3) is 0. The van der Waals surface area contributed by atoms with Crippen molar-refractivity contribution in [1.82, 2.24) is 4.98 Å². The molecule has 0 saturated carbocycles. The molecule has 0 spiro atoms. The van der Waals surface area contributed by atoms with Crippen LogP contribution in [0.5, 0.6) is 0 Å². The maximum absolute atomic E-state index is 11.5. The van der Waals surface area contributed by atoms with Crippen molar-refractivity contribution in [2.45, 2.75) is 4.90 Å². The van der Waals surface area contributed by atoms with E-state index >= 15 is 0 Å². The molecule has 4 rings (SSSR count). The first-order valence-electron chi connectivity index (χ1n) is 9.11. The molecule has 31 heavy (non-hydrogen) atoms. The summed E-state index contributed by atoms with van der Waals surface area (Å²) in [6, 6.07) is 20.8. The lowest BCUT2D eigenvalue weighted by molar-refractivity contribution is -0.384. The lowest BCUT2D eigenvalue weighted by Crippen LogP contribution is -2.12. The Bertz CT molecular complexity index is 1410. The molecular weight excluding hydrogens is 418 g/mol. The summed E-state index contributed by atoms with van der Waals surface area (Å²) in [5, 5.41) is 21.6. The van der Waals surface area contributed by atoms with E-state index in [0.717, 1.165) is 33.8 Å². The summed E-state index contributed by atoms with van der Waals surface area (Å²) in [4.78, 5) is 13.7. The van der Waals surface area contributed by atoms with Gasteiger partial charge in [-0.3, -0.25) is 15.5 Å². The van der Waals surface area contributed by atoms with Gasteiger partial charge in [0, 0.05) is 22.5 Å². The Morgan fingerprint density at radius 3 is 2.45 bits per heavy atom. The lowest BCUT2D eigenvalue weighted by atomic mass is 10.1. The third-order valence-corrected chi connectivity index (χ3v) is 5.59. The van der Waals surface area contributed by atoms with Crippen molar-refractivity contribution in [1.29, 1.82) is 0 Å². The smallest absolute Gasteiger partial charge is 0.295 e. The molecule has 0 fully saturated rings. The third-order valence-electron chi connectivity index (χ3n) is 4.68. The van der Waals surface area contributed by atoms with Gasteiger partial charge in [-0.05, 0) is 23.8 Å². The van der Waals surface area contributed by atoms with Crippen LogP contribution in [0.4, 0.5) is 11.4 Å². The Balaban J connectivity index is 1.73. The SMILES string of the molecule is NS(=O)(=O)c1ccc(N/N=C/c2c(-c3ccccc3)[nH]c3ccccc23)c([N+](=O)[O-])c1. The van der Waals surface area contributed by atoms with E-state index in [0.29, 0.717) is 0 Å². The largest absolute Gasteiger partial charge is 0.354 e. The van der Waals surface area contributed by atoms with Crippen molar-refractivity contribution in [2.24, 2.45) is 10.2 Å². The van der Waals surface area contributed by atoms with Crippen LogP contribution in [0, 0.1) is 10.1 Å². The van der Waals surface area contributed by atoms with Gasteiger partial charge in [-0.2, -0.15) is 5.10 Å². The summed E-state index contributed by atoms with van der Waals surface area (Å²) in [5.41, 5.74) is 5.76. The Morgan fingerprint density at radius 2 is 1.74 bits per heavy atom. The Labute approximate surface area is 177 Å². The van der Waals surface area contributed by atoms with E-state index < -0.39 is 20.6 Å². The first-order valence-corrected chi connectivity index (χ1v) is 10.7. The van der Waals surface area contributed by atoms with E-state index in [9.17, 15) is 18.5 Å². The minimum Gasteiger partial charge on any atom is -0.354 e. The molecule has 1 heterocycles. The van der Waals surface area contributed by atoms with Crippen LogP contribution in [-0.2, 0) is 10.0 Å². The molecule has 156 valence electrons. The van der Waals surface area contributed by atoms with Gasteiger partial charge in [-0.1, -0.05) is 48.5 Å². The summed E-state index contributed by atoms with van der Waals surface area (Å²) in [5.74, 6) is 0. The molecule has 0 radical (unpaired) electrons. The topological polar surface area (TPSA) is 143 Å². The zero-order valence-electron chi connectivity index (χ0n) is 16.0. The van der Waals surface area contributed by atoms with Crippen molar-refractivity contribution in [3.05, 3.63) is 88.5 Å². The number of benzene rings is 3. The number of nitro benzene ring substituents is 1. The van der Waals surface area contributed by atoms with E-state index in [1.807, 2.05) is 54.6 Å². The Kier molecular flexibility index (Phi) is 5.24. The number of H-pyrrole nitrogens is 1. The highest BCUT2D eigenvalue weighted by Gasteiger charge is 2.19. The van der Waals surface area contributed by atoms with E-state index in [1.165, 1.54) is 12.1 Å². The fourth-order valence-corrected chi connectivity index (χ4v) is 3.76. The monoisotopic (exact) mass is 435 g/mol. The van der Waals surface area contributed by atoms with E-state index in [1.54, 1.807) is 6.21 Å². The van der Waals surface area contributed by atoms with Gasteiger partial charge in [0.15, 0.2) is 0 Å². The highest BCUT2D eigenvalue weighted by atomic mass is 32.2. The molecule has 0 bridgehead atoms. The van der Waals surface area contributed by atoms with Crippen LogP contribution < -0.4 is 10.6 Å². The summed E-state index contributed by atoms with van der Waals surface area (Å²) in [6.45, 7) is 0. The molecule has 0 atom stereocenters. The number of hydrogen-bond donors (Lipinski definition) is 3. The molecule has 0 amide bonds. The molecular formula is C21H17N5O4S. The highest BCUT2D eigenvalue weighted by Crippen LogP contribution is 2.30. The number of rotatable bonds is 6. The maximum Gasteiger partial charge on any atom is 0.295 e. The zero-order chi connectivity index (χ0) is 22.0. The van der Waals surface area contributed by atoms with Gasteiger partial charge in [0.2, 0.25) is 10.0 Å². The van der Waals surface area contributed by atoms with Crippen LogP contribution in [0.2, 0.25) is 0 Å². The van der Waals surface area contributed by atoms with Gasteiger partial charge in [-0.25, -0.2) is 13.6 Å². The van der Waals surface area contributed by atoms with Crippen molar-refractivity contribution in [2.75, 3.05) is 5.43 Å². The van der Waals surface area contributed by atoms with Crippen molar-refractivity contribution < 1.29 is 13.3 Å². The molecule has 3 aromatic carbocycles. The summed E-state index contributed by atoms with van der Waals surface area (Å²) >= 11 is 0. The number of primary sulfonamides is 1. The fourth-order valence-electron chi connectivity index (χ4n) is 3.23. The predicted octanol–water partition coefficient (Wildman–Crippen LogP) is 3.84. The van der Waals surface area contributed by atoms with Gasteiger partial charge in [-0.15, -0.1) is 0 Å². The number of hydrogen-bond acceptors (Lipinski definition) is 6. The van der Waals surface area contributed by atoms with Crippen LogP contribution in [0.1, 0.15) is 5.56 Å². The van der Waals surface area contributed by atoms with Crippen LogP contribution in [0.25, 0.3) is 22.2 Å². The molecule has 0 aliphatic heterocycles. The minimum atomic E-state index is -4.07. The summed E-state index contributed by atoms with van der Waals surface area (Å²) in [7, 11) is -4.07. The number of anilines is 1. The van der Waals surface area contributed by atoms with Crippen LogP contribution in [-0.4, -0.2) is 24.5 Å². The maximum atomic E-state index is 11.5. The summed E-state index contributed by atoms with van der Waals surface area (Å²) in [6.07, 6.45) is 1.57.